The third-order valence-electron chi connectivity index (χ3n) is 3.74. The highest BCUT2D eigenvalue weighted by Crippen LogP contribution is 2.20. The molecule has 11 heteroatoms. The molecule has 0 aliphatic rings. The van der Waals surface area contributed by atoms with Crippen LogP contribution in [-0.4, -0.2) is 46.1 Å². The zero-order valence-electron chi connectivity index (χ0n) is 17.0. The Hall–Kier alpha value is -3.60. The largest absolute Gasteiger partial charge is 0.494 e. The van der Waals surface area contributed by atoms with E-state index in [0.29, 0.717) is 18.9 Å². The number of nitrogens with one attached hydrogen (secondary N) is 3. The van der Waals surface area contributed by atoms with Gasteiger partial charge in [0.15, 0.2) is 6.61 Å². The quantitative estimate of drug-likeness (QED) is 0.497. The number of imide groups is 1. The lowest BCUT2D eigenvalue weighted by atomic mass is 10.2. The number of hydrogen-bond acceptors (Lipinski definition) is 7. The van der Waals surface area contributed by atoms with Crippen LogP contribution in [0, 0.1) is 0 Å². The minimum Gasteiger partial charge on any atom is -0.494 e. The van der Waals surface area contributed by atoms with Crippen LogP contribution in [0.2, 0.25) is 0 Å². The molecular formula is C20H23N3O7S. The van der Waals surface area contributed by atoms with Gasteiger partial charge in [-0.1, -0.05) is 0 Å². The van der Waals surface area contributed by atoms with Gasteiger partial charge in [0, 0.05) is 12.2 Å². The number of ether oxygens (including phenoxy) is 2. The van der Waals surface area contributed by atoms with Gasteiger partial charge < -0.3 is 14.8 Å². The van der Waals surface area contributed by atoms with Gasteiger partial charge >= 0.3 is 12.0 Å². The summed E-state index contributed by atoms with van der Waals surface area (Å²) in [5.41, 5.74) is 0.342. The average molecular weight is 449 g/mol. The molecule has 0 aliphatic carbocycles. The maximum atomic E-state index is 12.5. The molecule has 0 radical (unpaired) electrons. The van der Waals surface area contributed by atoms with E-state index in [1.54, 1.807) is 19.1 Å². The molecule has 0 fully saturated rings. The van der Waals surface area contributed by atoms with Crippen LogP contribution in [-0.2, 0) is 19.6 Å². The Balaban J connectivity index is 1.94. The number of anilines is 1. The fourth-order valence-corrected chi connectivity index (χ4v) is 3.41. The predicted molar refractivity (Wildman–Crippen MR) is 112 cm³/mol. The van der Waals surface area contributed by atoms with Crippen molar-refractivity contribution in [3.63, 3.8) is 0 Å². The van der Waals surface area contributed by atoms with Crippen LogP contribution in [0.1, 0.15) is 24.2 Å². The molecule has 3 N–H and O–H groups in total. The summed E-state index contributed by atoms with van der Waals surface area (Å²) in [5, 5.41) is 4.36. The number of urea groups is 1. The monoisotopic (exact) mass is 449 g/mol. The van der Waals surface area contributed by atoms with E-state index in [9.17, 15) is 22.8 Å². The van der Waals surface area contributed by atoms with E-state index in [1.165, 1.54) is 36.4 Å². The molecule has 0 spiro atoms. The first-order valence-electron chi connectivity index (χ1n) is 9.35. The summed E-state index contributed by atoms with van der Waals surface area (Å²) >= 11 is 0. The van der Waals surface area contributed by atoms with Gasteiger partial charge in [-0.2, -0.15) is 0 Å². The summed E-state index contributed by atoms with van der Waals surface area (Å²) in [6.07, 6.45) is 0. The second kappa shape index (κ2) is 11.0. The fourth-order valence-electron chi connectivity index (χ4n) is 2.35. The lowest BCUT2D eigenvalue weighted by Gasteiger charge is -2.10. The van der Waals surface area contributed by atoms with Gasteiger partial charge in [0.2, 0.25) is 0 Å². The molecule has 0 aliphatic heterocycles. The first-order valence-corrected chi connectivity index (χ1v) is 10.8. The third kappa shape index (κ3) is 7.30. The minimum absolute atomic E-state index is 0.0533. The molecule has 0 atom stereocenters. The number of carbonyl (C=O) groups excluding carboxylic acids is 3. The first-order chi connectivity index (χ1) is 14.7. The van der Waals surface area contributed by atoms with Crippen molar-refractivity contribution in [1.82, 2.24) is 10.6 Å². The summed E-state index contributed by atoms with van der Waals surface area (Å²) < 4.78 is 37.5. The molecule has 3 amide bonds. The minimum atomic E-state index is -3.83. The van der Waals surface area contributed by atoms with Crippen LogP contribution in [0.5, 0.6) is 5.75 Å². The summed E-state index contributed by atoms with van der Waals surface area (Å²) in [6, 6.07) is 10.7. The average Bonchev–Trinajstić information content (AvgIpc) is 2.73. The van der Waals surface area contributed by atoms with E-state index < -0.39 is 34.5 Å². The topological polar surface area (TPSA) is 140 Å². The Morgan fingerprint density at radius 1 is 0.935 bits per heavy atom. The normalized spacial score (nSPS) is 10.6. The molecule has 2 aromatic rings. The van der Waals surface area contributed by atoms with E-state index in [4.69, 9.17) is 9.47 Å². The van der Waals surface area contributed by atoms with E-state index in [1.807, 2.05) is 12.2 Å². The summed E-state index contributed by atoms with van der Waals surface area (Å²) in [5.74, 6) is -1.02. The summed E-state index contributed by atoms with van der Waals surface area (Å²) in [7, 11) is -3.83. The molecule has 0 saturated heterocycles. The van der Waals surface area contributed by atoms with E-state index in [0.717, 1.165) is 0 Å². The van der Waals surface area contributed by atoms with Crippen molar-refractivity contribution in [2.75, 3.05) is 24.5 Å². The number of sulfonamides is 1. The smallest absolute Gasteiger partial charge is 0.338 e. The second-order valence-corrected chi connectivity index (χ2v) is 7.75. The molecule has 0 saturated carbocycles. The summed E-state index contributed by atoms with van der Waals surface area (Å²) in [4.78, 5) is 34.8. The number of esters is 1. The van der Waals surface area contributed by atoms with Crippen LogP contribution in [0.3, 0.4) is 0 Å². The predicted octanol–water partition coefficient (Wildman–Crippen LogP) is 1.89. The zero-order valence-corrected chi connectivity index (χ0v) is 17.8. The van der Waals surface area contributed by atoms with Crippen molar-refractivity contribution >= 4 is 33.6 Å². The van der Waals surface area contributed by atoms with Crippen LogP contribution >= 0.6 is 0 Å². The van der Waals surface area contributed by atoms with Gasteiger partial charge in [0.1, 0.15) is 5.75 Å². The van der Waals surface area contributed by atoms with Crippen molar-refractivity contribution in [2.45, 2.75) is 18.7 Å². The van der Waals surface area contributed by atoms with Gasteiger partial charge in [-0.3, -0.25) is 14.8 Å². The molecule has 2 rings (SSSR count). The molecular weight excluding hydrogens is 426 g/mol. The fraction of sp³-hybridized carbons (Fsp3) is 0.250. The number of benzene rings is 2. The maximum Gasteiger partial charge on any atom is 0.338 e. The highest BCUT2D eigenvalue weighted by atomic mass is 32.2. The van der Waals surface area contributed by atoms with Crippen LogP contribution < -0.4 is 20.1 Å². The van der Waals surface area contributed by atoms with E-state index >= 15 is 0 Å². The van der Waals surface area contributed by atoms with Gasteiger partial charge in [-0.05, 0) is 62.4 Å². The standard InChI is InChI=1S/C20H23N3O7S/c1-3-21-20(26)22-18(24)13-30-19(25)14-5-7-15(8-6-14)23-31(27,28)17-11-9-16(10-12-17)29-4-2/h5-12,23H,3-4,13H2,1-2H3,(H2,21,22,24,26). The Kier molecular flexibility index (Phi) is 8.38. The highest BCUT2D eigenvalue weighted by molar-refractivity contribution is 7.92. The molecule has 166 valence electrons. The van der Waals surface area contributed by atoms with Crippen molar-refractivity contribution in [2.24, 2.45) is 0 Å². The lowest BCUT2D eigenvalue weighted by Crippen LogP contribution is -2.41. The second-order valence-electron chi connectivity index (χ2n) is 6.07. The van der Waals surface area contributed by atoms with E-state index in [-0.39, 0.29) is 16.1 Å². The lowest BCUT2D eigenvalue weighted by molar-refractivity contribution is -0.123. The van der Waals surface area contributed by atoms with Crippen LogP contribution in [0.25, 0.3) is 0 Å². The molecule has 10 nitrogen and oxygen atoms in total. The summed E-state index contributed by atoms with van der Waals surface area (Å²) in [6.45, 7) is 3.69. The van der Waals surface area contributed by atoms with Gasteiger partial charge in [0.25, 0.3) is 15.9 Å². The molecule has 0 unspecified atom stereocenters. The Bertz CT molecular complexity index is 1020. The highest BCUT2D eigenvalue weighted by Gasteiger charge is 2.16. The van der Waals surface area contributed by atoms with Crippen molar-refractivity contribution in [1.29, 1.82) is 0 Å². The van der Waals surface area contributed by atoms with E-state index in [2.05, 4.69) is 10.0 Å². The van der Waals surface area contributed by atoms with Crippen molar-refractivity contribution < 1.29 is 32.3 Å². The maximum absolute atomic E-state index is 12.5. The van der Waals surface area contributed by atoms with Crippen LogP contribution in [0.4, 0.5) is 10.5 Å². The third-order valence-corrected chi connectivity index (χ3v) is 5.14. The first kappa shape index (κ1) is 23.7. The number of amides is 3. The molecule has 2 aromatic carbocycles. The SMILES string of the molecule is CCNC(=O)NC(=O)COC(=O)c1ccc(NS(=O)(=O)c2ccc(OCC)cc2)cc1. The van der Waals surface area contributed by atoms with Gasteiger partial charge in [0.05, 0.1) is 17.1 Å². The molecule has 0 bridgehead atoms. The van der Waals surface area contributed by atoms with Crippen molar-refractivity contribution in [3.8, 4) is 5.75 Å². The Morgan fingerprint density at radius 3 is 2.16 bits per heavy atom. The number of carbonyl (C=O) groups is 3. The molecule has 0 aromatic heterocycles. The Labute approximate surface area is 180 Å². The number of rotatable bonds is 9. The number of hydrogen-bond donors (Lipinski definition) is 3. The molecule has 0 heterocycles. The van der Waals surface area contributed by atoms with Gasteiger partial charge in [-0.25, -0.2) is 18.0 Å². The van der Waals surface area contributed by atoms with Crippen LogP contribution in [0.15, 0.2) is 53.4 Å². The van der Waals surface area contributed by atoms with Gasteiger partial charge in [-0.15, -0.1) is 0 Å². The zero-order chi connectivity index (χ0) is 22.9. The Morgan fingerprint density at radius 2 is 1.58 bits per heavy atom. The molecule has 31 heavy (non-hydrogen) atoms. The van der Waals surface area contributed by atoms with Crippen molar-refractivity contribution in [3.05, 3.63) is 54.1 Å².